The maximum Gasteiger partial charge on any atom is 0.137 e. The lowest BCUT2D eigenvalue weighted by atomic mass is 9.47. The Morgan fingerprint density at radius 1 is 1.32 bits per heavy atom. The fourth-order valence-corrected chi connectivity index (χ4v) is 6.56. The van der Waals surface area contributed by atoms with Crippen LogP contribution in [0.3, 0.4) is 0 Å². The SMILES string of the molecule is C=C[C@H]1CC[C@H]2[C@@H]3CC=C4C=CCC[C@]4(C)[C@H]3C(=O)C[C@]12C. The predicted molar refractivity (Wildman–Crippen MR) is 90.3 cm³/mol. The van der Waals surface area contributed by atoms with Crippen LogP contribution in [0.5, 0.6) is 0 Å². The van der Waals surface area contributed by atoms with E-state index >= 15 is 0 Å². The quantitative estimate of drug-likeness (QED) is 0.615. The van der Waals surface area contributed by atoms with Gasteiger partial charge in [-0.2, -0.15) is 0 Å². The molecule has 0 spiro atoms. The molecule has 0 amide bonds. The monoisotopic (exact) mass is 296 g/mol. The first kappa shape index (κ1) is 14.5. The van der Waals surface area contributed by atoms with Crippen LogP contribution in [0.4, 0.5) is 0 Å². The van der Waals surface area contributed by atoms with Crippen LogP contribution < -0.4 is 0 Å². The summed E-state index contributed by atoms with van der Waals surface area (Å²) in [5, 5.41) is 0. The van der Waals surface area contributed by atoms with Crippen molar-refractivity contribution in [3.8, 4) is 0 Å². The number of ketones is 1. The van der Waals surface area contributed by atoms with Crippen LogP contribution in [-0.2, 0) is 4.79 Å². The molecule has 4 aliphatic rings. The van der Waals surface area contributed by atoms with Gasteiger partial charge in [0.05, 0.1) is 0 Å². The smallest absolute Gasteiger partial charge is 0.137 e. The van der Waals surface area contributed by atoms with Crippen LogP contribution in [0.2, 0.25) is 0 Å². The van der Waals surface area contributed by atoms with Crippen molar-refractivity contribution in [2.75, 3.05) is 0 Å². The Balaban J connectivity index is 1.78. The van der Waals surface area contributed by atoms with Crippen LogP contribution in [0.25, 0.3) is 0 Å². The first-order valence-electron chi connectivity index (χ1n) is 9.03. The molecular formula is C21H28O. The van der Waals surface area contributed by atoms with E-state index in [9.17, 15) is 4.79 Å². The fraction of sp³-hybridized carbons (Fsp3) is 0.667. The molecule has 0 bridgehead atoms. The van der Waals surface area contributed by atoms with Crippen molar-refractivity contribution in [2.45, 2.75) is 52.4 Å². The summed E-state index contributed by atoms with van der Waals surface area (Å²) in [5.41, 5.74) is 1.71. The third kappa shape index (κ3) is 1.69. The second kappa shape index (κ2) is 4.69. The summed E-state index contributed by atoms with van der Waals surface area (Å²) in [6.07, 6.45) is 15.8. The van der Waals surface area contributed by atoms with Gasteiger partial charge in [0.15, 0.2) is 0 Å². The van der Waals surface area contributed by atoms with Gasteiger partial charge in [0.25, 0.3) is 0 Å². The second-order valence-corrected chi connectivity index (χ2v) is 8.57. The third-order valence-corrected chi connectivity index (χ3v) is 7.70. The highest BCUT2D eigenvalue weighted by atomic mass is 16.1. The molecule has 0 unspecified atom stereocenters. The minimum atomic E-state index is 0.0995. The maximum atomic E-state index is 13.2. The standard InChI is InChI=1S/C21H28O/c1-4-14-9-11-17-16-10-8-15-7-5-6-12-20(15,2)19(16)18(22)13-21(14,17)3/h4-5,7-8,14,16-17,19H,1,6,9-13H2,2-3H3/t14-,16-,17-,19+,20-,21+/m0/s1. The summed E-state index contributed by atoms with van der Waals surface area (Å²) in [7, 11) is 0. The van der Waals surface area contributed by atoms with Gasteiger partial charge in [0.2, 0.25) is 0 Å². The molecule has 1 heteroatoms. The number of hydrogen-bond donors (Lipinski definition) is 0. The molecule has 0 aromatic heterocycles. The molecule has 2 saturated carbocycles. The summed E-state index contributed by atoms with van der Waals surface area (Å²) in [6, 6.07) is 0. The lowest BCUT2D eigenvalue weighted by Crippen LogP contribution is -2.53. The van der Waals surface area contributed by atoms with Gasteiger partial charge in [-0.15, -0.1) is 6.58 Å². The number of carbonyl (C=O) groups is 1. The zero-order valence-corrected chi connectivity index (χ0v) is 14.0. The number of allylic oxidation sites excluding steroid dienone is 5. The topological polar surface area (TPSA) is 17.1 Å². The molecule has 4 rings (SSSR count). The Kier molecular flexibility index (Phi) is 3.09. The van der Waals surface area contributed by atoms with Gasteiger partial charge in [-0.1, -0.05) is 38.2 Å². The van der Waals surface area contributed by atoms with E-state index in [-0.39, 0.29) is 16.7 Å². The molecule has 6 atom stereocenters. The lowest BCUT2D eigenvalue weighted by Gasteiger charge is -2.55. The molecular weight excluding hydrogens is 268 g/mol. The Morgan fingerprint density at radius 2 is 2.14 bits per heavy atom. The summed E-state index contributed by atoms with van der Waals surface area (Å²) in [6.45, 7) is 8.78. The van der Waals surface area contributed by atoms with Crippen molar-refractivity contribution in [1.29, 1.82) is 0 Å². The first-order chi connectivity index (χ1) is 10.5. The average Bonchev–Trinajstić information content (AvgIpc) is 2.82. The molecule has 22 heavy (non-hydrogen) atoms. The molecule has 0 saturated heterocycles. The normalized spacial score (nSPS) is 49.9. The first-order valence-corrected chi connectivity index (χ1v) is 9.03. The molecule has 0 radical (unpaired) electrons. The van der Waals surface area contributed by atoms with Crippen molar-refractivity contribution in [2.24, 2.45) is 34.5 Å². The molecule has 0 aromatic carbocycles. The van der Waals surface area contributed by atoms with E-state index in [0.717, 1.165) is 25.7 Å². The van der Waals surface area contributed by atoms with Crippen LogP contribution in [0.1, 0.15) is 52.4 Å². The van der Waals surface area contributed by atoms with E-state index in [1.54, 1.807) is 0 Å². The van der Waals surface area contributed by atoms with E-state index < -0.39 is 0 Å². The Bertz CT molecular complexity index is 583. The molecule has 0 aromatic rings. The van der Waals surface area contributed by atoms with Crippen molar-refractivity contribution < 1.29 is 4.79 Å². The number of Topliss-reactive ketones (excluding diaryl/α,β-unsaturated/α-hetero) is 1. The highest BCUT2D eigenvalue weighted by Crippen LogP contribution is 2.64. The lowest BCUT2D eigenvalue weighted by molar-refractivity contribution is -0.142. The summed E-state index contributed by atoms with van der Waals surface area (Å²) < 4.78 is 0. The molecule has 4 aliphatic carbocycles. The fourth-order valence-electron chi connectivity index (χ4n) is 6.56. The van der Waals surface area contributed by atoms with Crippen LogP contribution in [-0.4, -0.2) is 5.78 Å². The van der Waals surface area contributed by atoms with Crippen molar-refractivity contribution in [3.05, 3.63) is 36.5 Å². The molecule has 0 aliphatic heterocycles. The van der Waals surface area contributed by atoms with E-state index in [2.05, 4.69) is 44.7 Å². The summed E-state index contributed by atoms with van der Waals surface area (Å²) in [4.78, 5) is 13.2. The van der Waals surface area contributed by atoms with E-state index in [1.807, 2.05) is 0 Å². The highest BCUT2D eigenvalue weighted by Gasteiger charge is 2.60. The van der Waals surface area contributed by atoms with Crippen LogP contribution in [0, 0.1) is 34.5 Å². The van der Waals surface area contributed by atoms with E-state index in [4.69, 9.17) is 0 Å². The summed E-state index contributed by atoms with van der Waals surface area (Å²) >= 11 is 0. The van der Waals surface area contributed by atoms with Gasteiger partial charge in [0.1, 0.15) is 5.78 Å². The molecule has 0 heterocycles. The van der Waals surface area contributed by atoms with Crippen molar-refractivity contribution in [3.63, 3.8) is 0 Å². The van der Waals surface area contributed by atoms with Gasteiger partial charge >= 0.3 is 0 Å². The van der Waals surface area contributed by atoms with Gasteiger partial charge in [0, 0.05) is 17.8 Å². The molecule has 1 nitrogen and oxygen atoms in total. The number of fused-ring (bicyclic) bond motifs is 5. The average molecular weight is 296 g/mol. The Morgan fingerprint density at radius 3 is 2.91 bits per heavy atom. The third-order valence-electron chi connectivity index (χ3n) is 7.70. The minimum Gasteiger partial charge on any atom is -0.299 e. The second-order valence-electron chi connectivity index (χ2n) is 8.57. The van der Waals surface area contributed by atoms with Gasteiger partial charge in [-0.3, -0.25) is 4.79 Å². The maximum absolute atomic E-state index is 13.2. The van der Waals surface area contributed by atoms with E-state index in [0.29, 0.717) is 23.5 Å². The number of rotatable bonds is 1. The zero-order valence-electron chi connectivity index (χ0n) is 14.0. The minimum absolute atomic E-state index is 0.0995. The number of carbonyl (C=O) groups excluding carboxylic acids is 1. The summed E-state index contributed by atoms with van der Waals surface area (Å²) in [5.74, 6) is 2.61. The highest BCUT2D eigenvalue weighted by molar-refractivity contribution is 5.85. The zero-order chi connectivity index (χ0) is 15.5. The number of hydrogen-bond acceptors (Lipinski definition) is 1. The van der Waals surface area contributed by atoms with Crippen LogP contribution >= 0.6 is 0 Å². The van der Waals surface area contributed by atoms with Gasteiger partial charge < -0.3 is 0 Å². The molecule has 0 N–H and O–H groups in total. The molecule has 118 valence electrons. The van der Waals surface area contributed by atoms with Crippen LogP contribution in [0.15, 0.2) is 36.5 Å². The van der Waals surface area contributed by atoms with Gasteiger partial charge in [-0.25, -0.2) is 0 Å². The predicted octanol–water partition coefficient (Wildman–Crippen LogP) is 5.10. The van der Waals surface area contributed by atoms with Crippen molar-refractivity contribution >= 4 is 5.78 Å². The molecule has 2 fully saturated rings. The van der Waals surface area contributed by atoms with Gasteiger partial charge in [-0.05, 0) is 60.8 Å². The van der Waals surface area contributed by atoms with Crippen molar-refractivity contribution in [1.82, 2.24) is 0 Å². The van der Waals surface area contributed by atoms with E-state index in [1.165, 1.54) is 18.4 Å². The Hall–Kier alpha value is -1.11. The Labute approximate surface area is 134 Å². The largest absolute Gasteiger partial charge is 0.299 e.